The monoisotopic (exact) mass is 236 g/mol. The number of aldehydes is 1. The number of carbonyl (C=O) groups is 1. The fraction of sp³-hybridized carbons (Fsp3) is 0.500. The lowest BCUT2D eigenvalue weighted by Gasteiger charge is -2.23. The first-order valence-electron chi connectivity index (χ1n) is 5.74. The molecule has 0 saturated heterocycles. The highest BCUT2D eigenvalue weighted by atomic mass is 16.5. The Bertz CT molecular complexity index is 378. The van der Waals surface area contributed by atoms with E-state index in [1.165, 1.54) is 0 Å². The van der Waals surface area contributed by atoms with Crippen LogP contribution < -0.4 is 9.47 Å². The molecule has 0 N–H and O–H groups in total. The molecule has 0 aliphatic carbocycles. The summed E-state index contributed by atoms with van der Waals surface area (Å²) in [4.78, 5) is 10.3. The third-order valence-electron chi connectivity index (χ3n) is 2.49. The summed E-state index contributed by atoms with van der Waals surface area (Å²) >= 11 is 0. The van der Waals surface area contributed by atoms with E-state index in [1.54, 1.807) is 7.11 Å². The summed E-state index contributed by atoms with van der Waals surface area (Å²) in [6.45, 7) is 6.77. The molecule has 0 aliphatic heterocycles. The number of rotatable bonds is 5. The zero-order valence-corrected chi connectivity index (χ0v) is 10.9. The number of hydrogen-bond donors (Lipinski definition) is 0. The maximum Gasteiger partial charge on any atom is 0.123 e. The van der Waals surface area contributed by atoms with Crippen molar-refractivity contribution < 1.29 is 14.3 Å². The van der Waals surface area contributed by atoms with Crippen molar-refractivity contribution >= 4 is 6.29 Å². The van der Waals surface area contributed by atoms with Crippen molar-refractivity contribution in [1.29, 1.82) is 0 Å². The number of hydrogen-bond acceptors (Lipinski definition) is 3. The van der Waals surface area contributed by atoms with Gasteiger partial charge >= 0.3 is 0 Å². The summed E-state index contributed by atoms with van der Waals surface area (Å²) in [6, 6.07) is 5.74. The minimum atomic E-state index is -0.0228. The molecule has 0 fully saturated rings. The van der Waals surface area contributed by atoms with Crippen LogP contribution in [0.2, 0.25) is 0 Å². The van der Waals surface area contributed by atoms with E-state index < -0.39 is 0 Å². The first-order chi connectivity index (χ1) is 7.99. The molecule has 0 spiro atoms. The maximum atomic E-state index is 10.3. The van der Waals surface area contributed by atoms with Gasteiger partial charge in [0.15, 0.2) is 0 Å². The first-order valence-corrected chi connectivity index (χ1v) is 5.74. The molecule has 0 unspecified atom stereocenters. The van der Waals surface area contributed by atoms with Gasteiger partial charge in [0.1, 0.15) is 17.8 Å². The molecule has 0 heterocycles. The van der Waals surface area contributed by atoms with E-state index in [2.05, 4.69) is 20.8 Å². The van der Waals surface area contributed by atoms with Crippen LogP contribution >= 0.6 is 0 Å². The van der Waals surface area contributed by atoms with Crippen molar-refractivity contribution in [2.75, 3.05) is 13.7 Å². The van der Waals surface area contributed by atoms with E-state index in [0.717, 1.165) is 23.3 Å². The van der Waals surface area contributed by atoms with Crippen LogP contribution in [0.4, 0.5) is 0 Å². The lowest BCUT2D eigenvalue weighted by atomic mass is 9.86. The normalized spacial score (nSPS) is 11.1. The number of ether oxygens (including phenoxy) is 2. The third kappa shape index (κ3) is 3.77. The van der Waals surface area contributed by atoms with Crippen molar-refractivity contribution in [3.63, 3.8) is 0 Å². The summed E-state index contributed by atoms with van der Waals surface area (Å²) in [5, 5.41) is 0. The summed E-state index contributed by atoms with van der Waals surface area (Å²) in [7, 11) is 1.65. The molecule has 0 bridgehead atoms. The van der Waals surface area contributed by atoms with Crippen LogP contribution in [0.5, 0.6) is 11.5 Å². The average molecular weight is 236 g/mol. The van der Waals surface area contributed by atoms with Crippen molar-refractivity contribution in [2.24, 2.45) is 0 Å². The van der Waals surface area contributed by atoms with Crippen LogP contribution in [0.1, 0.15) is 32.8 Å². The van der Waals surface area contributed by atoms with Gasteiger partial charge in [-0.25, -0.2) is 0 Å². The Balaban J connectivity index is 2.98. The van der Waals surface area contributed by atoms with Gasteiger partial charge < -0.3 is 14.3 Å². The molecule has 0 atom stereocenters. The van der Waals surface area contributed by atoms with Gasteiger partial charge in [-0.1, -0.05) is 20.8 Å². The smallest absolute Gasteiger partial charge is 0.123 e. The lowest BCUT2D eigenvalue weighted by Crippen LogP contribution is -2.14. The van der Waals surface area contributed by atoms with Gasteiger partial charge in [0, 0.05) is 12.0 Å². The molecule has 94 valence electrons. The average Bonchev–Trinajstić information content (AvgIpc) is 2.28. The summed E-state index contributed by atoms with van der Waals surface area (Å²) in [5.74, 6) is 1.64. The van der Waals surface area contributed by atoms with Crippen LogP contribution in [0.3, 0.4) is 0 Å². The predicted octanol–water partition coefficient (Wildman–Crippen LogP) is 2.96. The summed E-state index contributed by atoms with van der Waals surface area (Å²) in [5.41, 5.74) is 1.06. The second-order valence-electron chi connectivity index (χ2n) is 4.92. The largest absolute Gasteiger partial charge is 0.497 e. The van der Waals surface area contributed by atoms with Crippen molar-refractivity contribution in [3.8, 4) is 11.5 Å². The van der Waals surface area contributed by atoms with Gasteiger partial charge in [0.05, 0.1) is 13.7 Å². The van der Waals surface area contributed by atoms with Gasteiger partial charge in [-0.2, -0.15) is 0 Å². The highest BCUT2D eigenvalue weighted by molar-refractivity contribution is 5.49. The van der Waals surface area contributed by atoms with Gasteiger partial charge in [-0.15, -0.1) is 0 Å². The van der Waals surface area contributed by atoms with Crippen molar-refractivity contribution in [1.82, 2.24) is 0 Å². The second kappa shape index (κ2) is 5.71. The fourth-order valence-electron chi connectivity index (χ4n) is 1.57. The van der Waals surface area contributed by atoms with Gasteiger partial charge in [-0.05, 0) is 23.6 Å². The van der Waals surface area contributed by atoms with E-state index in [4.69, 9.17) is 9.47 Å². The molecule has 3 nitrogen and oxygen atoms in total. The number of benzene rings is 1. The molecule has 0 radical (unpaired) electrons. The van der Waals surface area contributed by atoms with E-state index in [0.29, 0.717) is 13.0 Å². The molecule has 0 aliphatic rings. The number of carbonyl (C=O) groups excluding carboxylic acids is 1. The maximum absolute atomic E-state index is 10.3. The SMILES string of the molecule is COc1ccc(OCCC=O)c(C(C)(C)C)c1. The molecule has 1 aromatic carbocycles. The Morgan fingerprint density at radius 1 is 1.29 bits per heavy atom. The van der Waals surface area contributed by atoms with Gasteiger partial charge in [-0.3, -0.25) is 0 Å². The Kier molecular flexibility index (Phi) is 4.55. The fourth-order valence-corrected chi connectivity index (χ4v) is 1.57. The minimum Gasteiger partial charge on any atom is -0.497 e. The first kappa shape index (κ1) is 13.6. The predicted molar refractivity (Wildman–Crippen MR) is 67.9 cm³/mol. The van der Waals surface area contributed by atoms with E-state index in [-0.39, 0.29) is 5.41 Å². The Morgan fingerprint density at radius 2 is 2.00 bits per heavy atom. The molecular formula is C14H20O3. The van der Waals surface area contributed by atoms with Gasteiger partial charge in [0.25, 0.3) is 0 Å². The van der Waals surface area contributed by atoms with Crippen LogP contribution in [0.25, 0.3) is 0 Å². The van der Waals surface area contributed by atoms with Gasteiger partial charge in [0.2, 0.25) is 0 Å². The quantitative estimate of drug-likeness (QED) is 0.582. The Morgan fingerprint density at radius 3 is 2.53 bits per heavy atom. The van der Waals surface area contributed by atoms with E-state index in [9.17, 15) is 4.79 Å². The molecule has 3 heteroatoms. The highest BCUT2D eigenvalue weighted by Crippen LogP contribution is 2.34. The molecule has 0 amide bonds. The molecule has 0 aromatic heterocycles. The van der Waals surface area contributed by atoms with E-state index >= 15 is 0 Å². The van der Waals surface area contributed by atoms with Crippen LogP contribution in [-0.4, -0.2) is 20.0 Å². The lowest BCUT2D eigenvalue weighted by molar-refractivity contribution is -0.108. The van der Waals surface area contributed by atoms with Crippen molar-refractivity contribution in [3.05, 3.63) is 23.8 Å². The van der Waals surface area contributed by atoms with Crippen LogP contribution in [0.15, 0.2) is 18.2 Å². The third-order valence-corrected chi connectivity index (χ3v) is 2.49. The second-order valence-corrected chi connectivity index (χ2v) is 4.92. The van der Waals surface area contributed by atoms with Crippen LogP contribution in [-0.2, 0) is 10.2 Å². The molecule has 1 aromatic rings. The molecule has 0 saturated carbocycles. The van der Waals surface area contributed by atoms with E-state index in [1.807, 2.05) is 18.2 Å². The topological polar surface area (TPSA) is 35.5 Å². The summed E-state index contributed by atoms with van der Waals surface area (Å²) in [6.07, 6.45) is 1.27. The zero-order chi connectivity index (χ0) is 12.9. The Labute approximate surface area is 103 Å². The highest BCUT2D eigenvalue weighted by Gasteiger charge is 2.19. The van der Waals surface area contributed by atoms with Crippen molar-refractivity contribution in [2.45, 2.75) is 32.6 Å². The van der Waals surface area contributed by atoms with Crippen LogP contribution in [0, 0.1) is 0 Å². The molecule has 1 rings (SSSR count). The number of methoxy groups -OCH3 is 1. The Hall–Kier alpha value is -1.51. The molecular weight excluding hydrogens is 216 g/mol. The summed E-state index contributed by atoms with van der Waals surface area (Å²) < 4.78 is 10.8. The zero-order valence-electron chi connectivity index (χ0n) is 10.9. The molecule has 17 heavy (non-hydrogen) atoms. The standard InChI is InChI=1S/C14H20O3/c1-14(2,3)12-10-11(16-4)6-7-13(12)17-9-5-8-15/h6-8,10H,5,9H2,1-4H3. The minimum absolute atomic E-state index is 0.0228.